The molecule has 0 saturated carbocycles. The standard InChI is InChI=1S/C14H21NO4/c1-10-5-4-6-13(11(10)2)19-9-14(17)15-12(7-16)8-18-3/h4-6,12,16H,7-9H2,1-3H3,(H,15,17). The first-order valence-electron chi connectivity index (χ1n) is 6.16. The van der Waals surface area contributed by atoms with E-state index in [2.05, 4.69) is 5.32 Å². The van der Waals surface area contributed by atoms with E-state index in [0.717, 1.165) is 11.1 Å². The Bertz CT molecular complexity index is 420. The minimum absolute atomic E-state index is 0.0789. The molecule has 1 amide bonds. The molecule has 0 saturated heterocycles. The average Bonchev–Trinajstić information content (AvgIpc) is 2.40. The molecule has 0 aliphatic heterocycles. The molecule has 0 radical (unpaired) electrons. The maximum Gasteiger partial charge on any atom is 0.258 e. The number of rotatable bonds is 7. The van der Waals surface area contributed by atoms with Gasteiger partial charge in [0.1, 0.15) is 5.75 Å². The first kappa shape index (κ1) is 15.5. The highest BCUT2D eigenvalue weighted by molar-refractivity contribution is 5.77. The van der Waals surface area contributed by atoms with E-state index in [1.807, 2.05) is 32.0 Å². The molecule has 0 spiro atoms. The van der Waals surface area contributed by atoms with Crippen LogP contribution in [0.25, 0.3) is 0 Å². The molecule has 1 aromatic carbocycles. The second-order valence-corrected chi connectivity index (χ2v) is 4.39. The molecule has 0 fully saturated rings. The van der Waals surface area contributed by atoms with Crippen LogP contribution in [0.15, 0.2) is 18.2 Å². The Balaban J connectivity index is 2.47. The second kappa shape index (κ2) is 7.76. The number of aliphatic hydroxyl groups is 1. The number of methoxy groups -OCH3 is 1. The van der Waals surface area contributed by atoms with Gasteiger partial charge in [0.25, 0.3) is 5.91 Å². The zero-order chi connectivity index (χ0) is 14.3. The zero-order valence-electron chi connectivity index (χ0n) is 11.6. The van der Waals surface area contributed by atoms with Crippen LogP contribution in [0.5, 0.6) is 5.75 Å². The number of ether oxygens (including phenoxy) is 2. The van der Waals surface area contributed by atoms with Gasteiger partial charge in [0.15, 0.2) is 6.61 Å². The quantitative estimate of drug-likeness (QED) is 0.767. The van der Waals surface area contributed by atoms with E-state index in [4.69, 9.17) is 14.6 Å². The summed E-state index contributed by atoms with van der Waals surface area (Å²) in [4.78, 5) is 11.7. The van der Waals surface area contributed by atoms with Crippen LogP contribution in [0.2, 0.25) is 0 Å². The number of benzene rings is 1. The van der Waals surface area contributed by atoms with Gasteiger partial charge in [-0.05, 0) is 31.0 Å². The Morgan fingerprint density at radius 3 is 2.79 bits per heavy atom. The van der Waals surface area contributed by atoms with E-state index < -0.39 is 6.04 Å². The van der Waals surface area contributed by atoms with Crippen LogP contribution in [-0.2, 0) is 9.53 Å². The van der Waals surface area contributed by atoms with Crippen molar-refractivity contribution in [1.82, 2.24) is 5.32 Å². The molecule has 1 aromatic rings. The van der Waals surface area contributed by atoms with Crippen LogP contribution in [-0.4, -0.2) is 44.0 Å². The molecule has 0 heterocycles. The lowest BCUT2D eigenvalue weighted by atomic mass is 10.1. The van der Waals surface area contributed by atoms with Crippen molar-refractivity contribution in [3.63, 3.8) is 0 Å². The van der Waals surface area contributed by atoms with Crippen LogP contribution >= 0.6 is 0 Å². The van der Waals surface area contributed by atoms with Gasteiger partial charge in [-0.15, -0.1) is 0 Å². The molecule has 19 heavy (non-hydrogen) atoms. The second-order valence-electron chi connectivity index (χ2n) is 4.39. The molecule has 0 aliphatic rings. The fourth-order valence-electron chi connectivity index (χ4n) is 1.63. The highest BCUT2D eigenvalue weighted by Crippen LogP contribution is 2.20. The Labute approximate surface area is 113 Å². The van der Waals surface area contributed by atoms with Crippen molar-refractivity contribution in [3.8, 4) is 5.75 Å². The van der Waals surface area contributed by atoms with Crippen molar-refractivity contribution in [2.75, 3.05) is 26.9 Å². The summed E-state index contributed by atoms with van der Waals surface area (Å²) in [6.07, 6.45) is 0. The average molecular weight is 267 g/mol. The van der Waals surface area contributed by atoms with Gasteiger partial charge in [0.05, 0.1) is 19.3 Å². The fraction of sp³-hybridized carbons (Fsp3) is 0.500. The molecule has 0 aliphatic carbocycles. The molecule has 2 N–H and O–H groups in total. The summed E-state index contributed by atoms with van der Waals surface area (Å²) in [6.45, 7) is 3.96. The van der Waals surface area contributed by atoms with Gasteiger partial charge in [0, 0.05) is 7.11 Å². The third kappa shape index (κ3) is 4.89. The van der Waals surface area contributed by atoms with Crippen LogP contribution in [0.4, 0.5) is 0 Å². The van der Waals surface area contributed by atoms with Gasteiger partial charge in [-0.1, -0.05) is 12.1 Å². The Morgan fingerprint density at radius 2 is 2.16 bits per heavy atom. The number of amides is 1. The third-order valence-electron chi connectivity index (χ3n) is 2.87. The lowest BCUT2D eigenvalue weighted by molar-refractivity contribution is -0.124. The van der Waals surface area contributed by atoms with Gasteiger partial charge in [-0.25, -0.2) is 0 Å². The molecule has 0 aromatic heterocycles. The van der Waals surface area contributed by atoms with Crippen molar-refractivity contribution < 1.29 is 19.4 Å². The van der Waals surface area contributed by atoms with Crippen molar-refractivity contribution in [1.29, 1.82) is 0 Å². The normalized spacial score (nSPS) is 12.0. The van der Waals surface area contributed by atoms with E-state index in [1.54, 1.807) is 0 Å². The zero-order valence-corrected chi connectivity index (χ0v) is 11.6. The molecular weight excluding hydrogens is 246 g/mol. The van der Waals surface area contributed by atoms with Crippen molar-refractivity contribution in [2.24, 2.45) is 0 Å². The Hall–Kier alpha value is -1.59. The molecule has 1 unspecified atom stereocenters. The summed E-state index contributed by atoms with van der Waals surface area (Å²) in [5, 5.41) is 11.7. The molecular formula is C14H21NO4. The lowest BCUT2D eigenvalue weighted by Gasteiger charge is -2.16. The predicted molar refractivity (Wildman–Crippen MR) is 72.3 cm³/mol. The summed E-state index contributed by atoms with van der Waals surface area (Å²) in [5.41, 5.74) is 2.14. The van der Waals surface area contributed by atoms with Gasteiger partial charge in [-0.3, -0.25) is 4.79 Å². The van der Waals surface area contributed by atoms with Crippen LogP contribution in [0.1, 0.15) is 11.1 Å². The third-order valence-corrected chi connectivity index (χ3v) is 2.87. The van der Waals surface area contributed by atoms with E-state index >= 15 is 0 Å². The van der Waals surface area contributed by atoms with Crippen molar-refractivity contribution in [2.45, 2.75) is 19.9 Å². The van der Waals surface area contributed by atoms with Crippen molar-refractivity contribution >= 4 is 5.91 Å². The topological polar surface area (TPSA) is 67.8 Å². The van der Waals surface area contributed by atoms with Crippen molar-refractivity contribution in [3.05, 3.63) is 29.3 Å². The maximum atomic E-state index is 11.7. The largest absolute Gasteiger partial charge is 0.483 e. The summed E-state index contributed by atoms with van der Waals surface area (Å²) in [6, 6.07) is 5.30. The van der Waals surface area contributed by atoms with E-state index in [-0.39, 0.29) is 25.7 Å². The number of carbonyl (C=O) groups is 1. The number of carbonyl (C=O) groups excluding carboxylic acids is 1. The number of nitrogens with one attached hydrogen (secondary N) is 1. The van der Waals surface area contributed by atoms with Gasteiger partial charge in [0.2, 0.25) is 0 Å². The minimum atomic E-state index is -0.403. The van der Waals surface area contributed by atoms with E-state index in [9.17, 15) is 4.79 Å². The lowest BCUT2D eigenvalue weighted by Crippen LogP contribution is -2.42. The minimum Gasteiger partial charge on any atom is -0.483 e. The number of hydrogen-bond donors (Lipinski definition) is 2. The SMILES string of the molecule is COCC(CO)NC(=O)COc1cccc(C)c1C. The number of aliphatic hydroxyl groups excluding tert-OH is 1. The molecule has 5 nitrogen and oxygen atoms in total. The van der Waals surface area contributed by atoms with Gasteiger partial charge >= 0.3 is 0 Å². The van der Waals surface area contributed by atoms with Gasteiger partial charge in [-0.2, -0.15) is 0 Å². The van der Waals surface area contributed by atoms with Gasteiger partial charge < -0.3 is 19.9 Å². The molecule has 1 atom stereocenters. The Kier molecular flexibility index (Phi) is 6.32. The number of aryl methyl sites for hydroxylation is 1. The summed E-state index contributed by atoms with van der Waals surface area (Å²) < 4.78 is 10.3. The first-order chi connectivity index (χ1) is 9.08. The summed E-state index contributed by atoms with van der Waals surface area (Å²) in [7, 11) is 1.52. The predicted octanol–water partition coefficient (Wildman–Crippen LogP) is 0.806. The molecule has 0 bridgehead atoms. The summed E-state index contributed by atoms with van der Waals surface area (Å²) in [5.74, 6) is 0.416. The molecule has 106 valence electrons. The smallest absolute Gasteiger partial charge is 0.258 e. The van der Waals surface area contributed by atoms with Crippen LogP contribution < -0.4 is 10.1 Å². The summed E-state index contributed by atoms with van der Waals surface area (Å²) >= 11 is 0. The van der Waals surface area contributed by atoms with Crippen LogP contribution in [0.3, 0.4) is 0 Å². The highest BCUT2D eigenvalue weighted by atomic mass is 16.5. The maximum absolute atomic E-state index is 11.7. The fourth-order valence-corrected chi connectivity index (χ4v) is 1.63. The van der Waals surface area contributed by atoms with Crippen LogP contribution in [0, 0.1) is 13.8 Å². The molecule has 1 rings (SSSR count). The number of hydrogen-bond acceptors (Lipinski definition) is 4. The monoisotopic (exact) mass is 267 g/mol. The first-order valence-corrected chi connectivity index (χ1v) is 6.16. The molecule has 5 heteroatoms. The Morgan fingerprint density at radius 1 is 1.42 bits per heavy atom. The van der Waals surface area contributed by atoms with E-state index in [0.29, 0.717) is 5.75 Å². The highest BCUT2D eigenvalue weighted by Gasteiger charge is 2.12. The van der Waals surface area contributed by atoms with E-state index in [1.165, 1.54) is 7.11 Å².